The van der Waals surface area contributed by atoms with E-state index in [1.165, 1.54) is 0 Å². The maximum Gasteiger partial charge on any atom is 0.252 e. The molecule has 0 radical (unpaired) electrons. The van der Waals surface area contributed by atoms with Crippen LogP contribution in [0.1, 0.15) is 35.9 Å². The number of anilines is 1. The van der Waals surface area contributed by atoms with Gasteiger partial charge in [0.05, 0.1) is 22.8 Å². The molecule has 0 fully saturated rings. The lowest BCUT2D eigenvalue weighted by atomic mass is 10.0. The molecule has 2 aromatic heterocycles. The SMILES string of the molecule is Cc1nn(-c2ncccn2)c2c1C(c1ccc(OC(C)C)cc1)SCC(=O)N2. The first kappa shape index (κ1) is 18.5. The van der Waals surface area contributed by atoms with Gasteiger partial charge in [-0.1, -0.05) is 12.1 Å². The number of carbonyl (C=O) groups is 1. The second-order valence-corrected chi connectivity index (χ2v) is 7.88. The summed E-state index contributed by atoms with van der Waals surface area (Å²) in [5.41, 5.74) is 2.90. The van der Waals surface area contributed by atoms with E-state index in [4.69, 9.17) is 4.74 Å². The van der Waals surface area contributed by atoms with Crippen molar-refractivity contribution >= 4 is 23.5 Å². The summed E-state index contributed by atoms with van der Waals surface area (Å²) >= 11 is 1.58. The topological polar surface area (TPSA) is 81.9 Å². The van der Waals surface area contributed by atoms with Crippen LogP contribution in [0.5, 0.6) is 5.75 Å². The maximum absolute atomic E-state index is 12.4. The third kappa shape index (κ3) is 3.60. The zero-order valence-corrected chi connectivity index (χ0v) is 16.7. The van der Waals surface area contributed by atoms with Crippen molar-refractivity contribution in [1.82, 2.24) is 19.7 Å². The van der Waals surface area contributed by atoms with Crippen molar-refractivity contribution < 1.29 is 9.53 Å². The monoisotopic (exact) mass is 395 g/mol. The number of benzene rings is 1. The molecule has 7 nitrogen and oxygen atoms in total. The number of rotatable bonds is 4. The van der Waals surface area contributed by atoms with Gasteiger partial charge in [-0.15, -0.1) is 11.8 Å². The molecule has 0 spiro atoms. The Labute approximate surface area is 167 Å². The summed E-state index contributed by atoms with van der Waals surface area (Å²) in [7, 11) is 0. The Morgan fingerprint density at radius 1 is 1.21 bits per heavy atom. The predicted octanol–water partition coefficient (Wildman–Crippen LogP) is 3.53. The second kappa shape index (κ2) is 7.63. The van der Waals surface area contributed by atoms with Gasteiger partial charge in [-0.3, -0.25) is 4.79 Å². The van der Waals surface area contributed by atoms with Gasteiger partial charge in [-0.2, -0.15) is 9.78 Å². The maximum atomic E-state index is 12.4. The molecule has 3 aromatic rings. The highest BCUT2D eigenvalue weighted by molar-refractivity contribution is 8.00. The number of aryl methyl sites for hydroxylation is 1. The molecule has 8 heteroatoms. The molecule has 144 valence electrons. The average molecular weight is 395 g/mol. The van der Waals surface area contributed by atoms with Gasteiger partial charge in [0, 0.05) is 18.0 Å². The standard InChI is InChI=1S/C20H21N5O2S/c1-12(2)27-15-7-5-14(6-8-15)18-17-13(3)24-25(20-21-9-4-10-22-20)19(17)23-16(26)11-28-18/h4-10,12,18H,11H2,1-3H3,(H,23,26). The average Bonchev–Trinajstić information content (AvgIpc) is 2.89. The van der Waals surface area contributed by atoms with Crippen molar-refractivity contribution in [3.05, 3.63) is 59.5 Å². The van der Waals surface area contributed by atoms with Gasteiger partial charge in [0.1, 0.15) is 11.6 Å². The quantitative estimate of drug-likeness (QED) is 0.728. The summed E-state index contributed by atoms with van der Waals surface area (Å²) in [6.07, 6.45) is 3.44. The van der Waals surface area contributed by atoms with E-state index in [-0.39, 0.29) is 17.3 Å². The van der Waals surface area contributed by atoms with Crippen molar-refractivity contribution in [2.75, 3.05) is 11.1 Å². The lowest BCUT2D eigenvalue weighted by molar-refractivity contribution is -0.113. The van der Waals surface area contributed by atoms with E-state index in [0.29, 0.717) is 17.5 Å². The minimum Gasteiger partial charge on any atom is -0.491 e. The number of nitrogens with zero attached hydrogens (tertiary/aromatic N) is 4. The molecule has 1 N–H and O–H groups in total. The zero-order chi connectivity index (χ0) is 19.7. The summed E-state index contributed by atoms with van der Waals surface area (Å²) in [5.74, 6) is 2.19. The van der Waals surface area contributed by atoms with Gasteiger partial charge in [0.15, 0.2) is 0 Å². The lowest BCUT2D eigenvalue weighted by Gasteiger charge is -2.16. The van der Waals surface area contributed by atoms with Gasteiger partial charge < -0.3 is 10.1 Å². The molecule has 1 atom stereocenters. The van der Waals surface area contributed by atoms with Crippen LogP contribution >= 0.6 is 11.8 Å². The van der Waals surface area contributed by atoms with Crippen LogP contribution in [0.3, 0.4) is 0 Å². The fraction of sp³-hybridized carbons (Fsp3) is 0.300. The third-order valence-corrected chi connectivity index (χ3v) is 5.57. The van der Waals surface area contributed by atoms with E-state index >= 15 is 0 Å². The number of hydrogen-bond donors (Lipinski definition) is 1. The summed E-state index contributed by atoms with van der Waals surface area (Å²) < 4.78 is 7.36. The molecular weight excluding hydrogens is 374 g/mol. The highest BCUT2D eigenvalue weighted by Gasteiger charge is 2.31. The molecule has 1 unspecified atom stereocenters. The highest BCUT2D eigenvalue weighted by Crippen LogP contribution is 2.43. The van der Waals surface area contributed by atoms with Crippen LogP contribution in [0.4, 0.5) is 5.82 Å². The van der Waals surface area contributed by atoms with E-state index in [2.05, 4.69) is 20.4 Å². The number of aromatic nitrogens is 4. The van der Waals surface area contributed by atoms with Gasteiger partial charge in [-0.25, -0.2) is 9.97 Å². The normalized spacial score (nSPS) is 16.4. The Balaban J connectivity index is 1.77. The Morgan fingerprint density at radius 2 is 1.93 bits per heavy atom. The molecule has 0 saturated carbocycles. The van der Waals surface area contributed by atoms with Crippen molar-refractivity contribution in [2.24, 2.45) is 0 Å². The fourth-order valence-corrected chi connectivity index (χ4v) is 4.37. The smallest absolute Gasteiger partial charge is 0.252 e. The summed E-state index contributed by atoms with van der Waals surface area (Å²) in [6.45, 7) is 5.95. The molecule has 0 bridgehead atoms. The van der Waals surface area contributed by atoms with Crippen molar-refractivity contribution in [3.8, 4) is 11.7 Å². The van der Waals surface area contributed by atoms with E-state index in [1.807, 2.05) is 45.0 Å². The number of nitrogens with one attached hydrogen (secondary N) is 1. The van der Waals surface area contributed by atoms with E-state index in [1.54, 1.807) is 34.9 Å². The van der Waals surface area contributed by atoms with E-state index in [0.717, 1.165) is 22.6 Å². The number of amides is 1. The Kier molecular flexibility index (Phi) is 5.04. The van der Waals surface area contributed by atoms with Crippen LogP contribution in [-0.2, 0) is 4.79 Å². The van der Waals surface area contributed by atoms with Crippen molar-refractivity contribution in [2.45, 2.75) is 32.1 Å². The summed E-state index contributed by atoms with van der Waals surface area (Å²) in [6, 6.07) is 9.78. The molecule has 28 heavy (non-hydrogen) atoms. The van der Waals surface area contributed by atoms with Gasteiger partial charge in [0.2, 0.25) is 5.91 Å². The summed E-state index contributed by atoms with van der Waals surface area (Å²) in [4.78, 5) is 20.9. The number of ether oxygens (including phenoxy) is 1. The molecule has 1 aliphatic heterocycles. The highest BCUT2D eigenvalue weighted by atomic mass is 32.2. The minimum absolute atomic E-state index is 0.0282. The van der Waals surface area contributed by atoms with Gasteiger partial charge >= 0.3 is 0 Å². The number of carbonyl (C=O) groups excluding carboxylic acids is 1. The van der Waals surface area contributed by atoms with Gasteiger partial charge in [0.25, 0.3) is 5.95 Å². The van der Waals surface area contributed by atoms with E-state index in [9.17, 15) is 4.79 Å². The molecule has 3 heterocycles. The summed E-state index contributed by atoms with van der Waals surface area (Å²) in [5, 5.41) is 7.57. The van der Waals surface area contributed by atoms with Crippen LogP contribution in [-0.4, -0.2) is 37.5 Å². The van der Waals surface area contributed by atoms with Crippen molar-refractivity contribution in [3.63, 3.8) is 0 Å². The molecule has 0 aliphatic carbocycles. The zero-order valence-electron chi connectivity index (χ0n) is 15.9. The molecule has 1 aromatic carbocycles. The Hall–Kier alpha value is -2.87. The number of hydrogen-bond acceptors (Lipinski definition) is 6. The Bertz CT molecular complexity index is 986. The van der Waals surface area contributed by atoms with Crippen LogP contribution in [0.25, 0.3) is 5.95 Å². The molecule has 4 rings (SSSR count). The molecule has 1 amide bonds. The molecule has 1 aliphatic rings. The van der Waals surface area contributed by atoms with E-state index < -0.39 is 0 Å². The van der Waals surface area contributed by atoms with Crippen LogP contribution < -0.4 is 10.1 Å². The first-order valence-electron chi connectivity index (χ1n) is 9.08. The largest absolute Gasteiger partial charge is 0.491 e. The third-order valence-electron chi connectivity index (χ3n) is 4.30. The number of thioether (sulfide) groups is 1. The Morgan fingerprint density at radius 3 is 2.61 bits per heavy atom. The predicted molar refractivity (Wildman–Crippen MR) is 109 cm³/mol. The second-order valence-electron chi connectivity index (χ2n) is 6.78. The first-order valence-corrected chi connectivity index (χ1v) is 10.1. The van der Waals surface area contributed by atoms with Gasteiger partial charge in [-0.05, 0) is 44.5 Å². The first-order chi connectivity index (χ1) is 13.5. The number of fused-ring (bicyclic) bond motifs is 1. The molecule has 0 saturated heterocycles. The van der Waals surface area contributed by atoms with Crippen LogP contribution in [0.2, 0.25) is 0 Å². The minimum atomic E-state index is -0.0643. The van der Waals surface area contributed by atoms with Crippen molar-refractivity contribution in [1.29, 1.82) is 0 Å². The molecular formula is C20H21N5O2S. The van der Waals surface area contributed by atoms with Crippen LogP contribution in [0.15, 0.2) is 42.7 Å². The fourth-order valence-electron chi connectivity index (χ4n) is 3.19. The van der Waals surface area contributed by atoms with Crippen LogP contribution in [0, 0.1) is 6.92 Å². The lowest BCUT2D eigenvalue weighted by Crippen LogP contribution is -2.16.